The van der Waals surface area contributed by atoms with Crippen molar-refractivity contribution in [2.45, 2.75) is 217 Å². The molecule has 106 heavy (non-hydrogen) atoms. The van der Waals surface area contributed by atoms with Crippen molar-refractivity contribution in [3.63, 3.8) is 0 Å². The minimum atomic E-state index is -5.42. The lowest BCUT2D eigenvalue weighted by Crippen LogP contribution is -2.65. The highest BCUT2D eigenvalue weighted by atomic mass is 19.4. The molecule has 1 spiro atoms. The van der Waals surface area contributed by atoms with Crippen LogP contribution in [0.4, 0.5) is 22.0 Å². The van der Waals surface area contributed by atoms with Gasteiger partial charge in [-0.05, 0) is 113 Å². The minimum Gasteiger partial charge on any atom is -0.377 e. The number of hydrogen-bond acceptors (Lipinski definition) is 13. The number of hydrogen-bond donors (Lipinski definition) is 3. The van der Waals surface area contributed by atoms with Gasteiger partial charge in [0, 0.05) is 88.9 Å². The zero-order chi connectivity index (χ0) is 78.6. The average molecular weight is 1490 g/mol. The summed E-state index contributed by atoms with van der Waals surface area (Å²) in [5, 5.41) is 8.52. The largest absolute Gasteiger partial charge is 0.422 e. The molecule has 0 unspecified atom stereocenters. The smallest absolute Gasteiger partial charge is 0.377 e. The first-order chi connectivity index (χ1) is 49.9. The first-order valence-corrected chi connectivity index (χ1v) is 37.0. The van der Waals surface area contributed by atoms with E-state index in [1.54, 1.807) is 38.1 Å². The molecule has 2 saturated heterocycles. The molecule has 2 aromatic carbocycles. The number of fused-ring (bicyclic) bond motifs is 3. The van der Waals surface area contributed by atoms with Crippen LogP contribution in [0.3, 0.4) is 0 Å². The van der Waals surface area contributed by atoms with E-state index in [4.69, 9.17) is 4.74 Å². The lowest BCUT2D eigenvalue weighted by atomic mass is 9.90. The third kappa shape index (κ3) is 20.4. The number of carbonyl (C=O) groups excluding carboxylic acids is 12. The van der Waals surface area contributed by atoms with Crippen LogP contribution in [0.2, 0.25) is 0 Å². The second-order valence-corrected chi connectivity index (χ2v) is 30.2. The lowest BCUT2D eigenvalue weighted by molar-refractivity contribution is -0.156. The summed E-state index contributed by atoms with van der Waals surface area (Å²) in [7, 11) is 11.1. The van der Waals surface area contributed by atoms with Crippen LogP contribution >= 0.6 is 0 Å². The monoisotopic (exact) mass is 1490 g/mol. The molecule has 0 aromatic heterocycles. The summed E-state index contributed by atoms with van der Waals surface area (Å²) < 4.78 is 78.1. The molecule has 5 aliphatic rings. The summed E-state index contributed by atoms with van der Waals surface area (Å²) in [4.78, 5) is 192. The Kier molecular flexibility index (Phi) is 29.4. The van der Waals surface area contributed by atoms with E-state index in [0.717, 1.165) is 25.2 Å². The number of nitrogens with one attached hydrogen (secondary N) is 3. The second-order valence-electron chi connectivity index (χ2n) is 30.2. The van der Waals surface area contributed by atoms with E-state index in [1.807, 2.05) is 39.8 Å². The summed E-state index contributed by atoms with van der Waals surface area (Å²) in [6, 6.07) is -2.99. The highest BCUT2D eigenvalue weighted by Crippen LogP contribution is 2.39. The van der Waals surface area contributed by atoms with Crippen LogP contribution in [-0.4, -0.2) is 264 Å². The molecule has 12 amide bonds. The van der Waals surface area contributed by atoms with Crippen LogP contribution in [0.5, 0.6) is 0 Å². The van der Waals surface area contributed by atoms with E-state index in [-0.39, 0.29) is 76.1 Å². The Bertz CT molecular complexity index is 3540. The molecule has 2 aliphatic carbocycles. The normalized spacial score (nSPS) is 26.3. The fraction of sp³-hybridized carbons (Fsp3) is 0.658. The highest BCUT2D eigenvalue weighted by molar-refractivity contribution is 6.01. The molecule has 0 radical (unpaired) electrons. The maximum absolute atomic E-state index is 15.7. The van der Waals surface area contributed by atoms with Crippen molar-refractivity contribution in [1.82, 2.24) is 60.0 Å². The van der Waals surface area contributed by atoms with Crippen LogP contribution in [0.1, 0.15) is 153 Å². The number of amides is 12. The molecule has 10 atom stereocenters. The quantitative estimate of drug-likeness (QED) is 0.167. The van der Waals surface area contributed by atoms with E-state index in [1.165, 1.54) is 80.9 Å². The molecule has 3 aliphatic heterocycles. The van der Waals surface area contributed by atoms with Crippen molar-refractivity contribution < 1.29 is 84.2 Å². The number of likely N-dealkylation sites (N-methyl/N-ethyl adjacent to an activating group) is 7. The molecule has 3 N–H and O–H groups in total. The van der Waals surface area contributed by atoms with Gasteiger partial charge in [-0.15, -0.1) is 0 Å². The summed E-state index contributed by atoms with van der Waals surface area (Å²) in [5.41, 5.74) is -2.70. The Morgan fingerprint density at radius 3 is 1.90 bits per heavy atom. The Morgan fingerprint density at radius 2 is 1.31 bits per heavy atom. The highest BCUT2D eigenvalue weighted by Gasteiger charge is 2.53. The standard InChI is InChI=1S/C76H109F5N12O13/c1-15-47(6)64-72(103)87(10)44-62(96)88(11)55-26-18-17-23-35-92(71(55)102)59(39-48-29-27-46(5)28-30-48)70(101)86(9)43-60(94)82-54(32-31-49-37-52(77)63(53(78)38-49)76(79,80)81)68(99)93-42-51(106-16-2)40-57(93)67(98)84-75(33-21-22-34-75)74(105)91(14)65(50-24-19-20-25-50)73(104)90(13)58(69(100)85(7)8)41-61(95)89(12)56(36-45(3)4)66(97)83-64/h17-18,27-30,37-38,45,47,50-51,54-59,64-65H,15-16,19-26,31-36,39-44H2,1-14H3,(H,82,94)(H,83,97)(H,84,98)/b18-17-/t47-,51+,54-,55-,56-,57-,58-,59-,64-,65-/m0/s1. The molecule has 7 rings (SSSR count). The van der Waals surface area contributed by atoms with E-state index >= 15 is 37.5 Å². The van der Waals surface area contributed by atoms with Crippen LogP contribution < -0.4 is 16.0 Å². The predicted molar refractivity (Wildman–Crippen MR) is 383 cm³/mol. The molecular weight excluding hydrogens is 1380 g/mol. The maximum Gasteiger partial charge on any atom is 0.422 e. The van der Waals surface area contributed by atoms with Gasteiger partial charge in [0.1, 0.15) is 71.1 Å². The molecule has 3 heterocycles. The maximum atomic E-state index is 15.7. The van der Waals surface area contributed by atoms with Gasteiger partial charge in [-0.25, -0.2) is 8.78 Å². The summed E-state index contributed by atoms with van der Waals surface area (Å²) in [6.45, 7) is 9.12. The third-order valence-corrected chi connectivity index (χ3v) is 21.8. The Morgan fingerprint density at radius 1 is 0.689 bits per heavy atom. The van der Waals surface area contributed by atoms with Gasteiger partial charge < -0.3 is 64.8 Å². The van der Waals surface area contributed by atoms with Gasteiger partial charge in [0.25, 0.3) is 0 Å². The molecule has 25 nitrogen and oxygen atoms in total. The van der Waals surface area contributed by atoms with Crippen LogP contribution in [0.25, 0.3) is 0 Å². The van der Waals surface area contributed by atoms with Gasteiger partial charge in [-0.2, -0.15) is 13.2 Å². The number of halogens is 5. The Labute approximate surface area is 618 Å². The number of benzene rings is 2. The van der Waals surface area contributed by atoms with E-state index < -0.39 is 198 Å². The third-order valence-electron chi connectivity index (χ3n) is 21.8. The van der Waals surface area contributed by atoms with Gasteiger partial charge in [0.05, 0.1) is 25.6 Å². The zero-order valence-corrected chi connectivity index (χ0v) is 63.8. The molecule has 2 saturated carbocycles. The molecular formula is C76H109F5N12O13. The molecule has 2 bridgehead atoms. The molecule has 2 aromatic rings. The van der Waals surface area contributed by atoms with Crippen LogP contribution in [-0.2, 0) is 81.3 Å². The average Bonchev–Trinajstić information content (AvgIpc) is 0.930. The summed E-state index contributed by atoms with van der Waals surface area (Å²) >= 11 is 0. The number of aryl methyl sites for hydroxylation is 2. The van der Waals surface area contributed by atoms with E-state index in [2.05, 4.69) is 16.0 Å². The van der Waals surface area contributed by atoms with E-state index in [9.17, 15) is 41.9 Å². The van der Waals surface area contributed by atoms with Crippen molar-refractivity contribution in [2.24, 2.45) is 17.8 Å². The molecule has 4 fully saturated rings. The molecule has 30 heteroatoms. The van der Waals surface area contributed by atoms with Crippen molar-refractivity contribution in [3.05, 3.63) is 82.4 Å². The SMILES string of the molecule is CCO[C@@H]1C[C@H]2C(=O)NC3(CCCC3)C(=O)N(C)[C@@H](C3CCCC3)C(=O)N(C)[C@H](C(=O)N(C)C)CC(=O)N(C)[C@@H](CC(C)C)C(=O)N[C@@H]([C@@H](C)CC)C(=O)N(C)CC(=O)N(C)[C@H]3C/C=C\CCN(C3=O)[C@@H](Cc3ccc(C)cc3)C(=O)N(C)CC(=O)N[C@@H](CCc3cc(F)c(C(F)(F)F)c(F)c3)C(=O)N2C1. The minimum absolute atomic E-state index is 0.0338. The Hall–Kier alpha value is -8.57. The van der Waals surface area contributed by atoms with Crippen LogP contribution in [0.15, 0.2) is 48.6 Å². The second kappa shape index (κ2) is 36.8. The fourth-order valence-electron chi connectivity index (χ4n) is 15.4. The van der Waals surface area contributed by atoms with Gasteiger partial charge in [-0.3, -0.25) is 57.5 Å². The number of alkyl halides is 3. The van der Waals surface area contributed by atoms with Crippen molar-refractivity contribution in [1.29, 1.82) is 0 Å². The number of ether oxygens (including phenoxy) is 1. The first kappa shape index (κ1) is 84.7. The van der Waals surface area contributed by atoms with E-state index in [0.29, 0.717) is 62.6 Å². The first-order valence-electron chi connectivity index (χ1n) is 37.0. The number of nitrogens with zero attached hydrogens (tertiary/aromatic N) is 9. The van der Waals surface area contributed by atoms with Gasteiger partial charge in [0.2, 0.25) is 70.9 Å². The van der Waals surface area contributed by atoms with Crippen molar-refractivity contribution in [2.75, 3.05) is 89.2 Å². The van der Waals surface area contributed by atoms with Gasteiger partial charge in [-0.1, -0.05) is 102 Å². The topological polar surface area (TPSA) is 279 Å². The van der Waals surface area contributed by atoms with Crippen molar-refractivity contribution >= 4 is 70.9 Å². The molecule has 586 valence electrons. The zero-order valence-electron chi connectivity index (χ0n) is 63.8. The van der Waals surface area contributed by atoms with Crippen LogP contribution in [0, 0.1) is 36.3 Å². The van der Waals surface area contributed by atoms with Gasteiger partial charge in [0.15, 0.2) is 0 Å². The summed E-state index contributed by atoms with van der Waals surface area (Å²) in [5.74, 6) is -14.1. The predicted octanol–water partition coefficient (Wildman–Crippen LogP) is 5.42. The number of carbonyl (C=O) groups is 12. The van der Waals surface area contributed by atoms with Crippen molar-refractivity contribution in [3.8, 4) is 0 Å². The fourth-order valence-corrected chi connectivity index (χ4v) is 15.4. The Balaban J connectivity index is 1.35. The lowest BCUT2D eigenvalue weighted by Gasteiger charge is -2.42. The summed E-state index contributed by atoms with van der Waals surface area (Å²) in [6.07, 6.45) is -0.672. The number of rotatable bonds is 13. The van der Waals surface area contributed by atoms with Gasteiger partial charge >= 0.3 is 6.18 Å².